The fourth-order valence-corrected chi connectivity index (χ4v) is 2.84. The molecule has 0 atom stereocenters. The van der Waals surface area contributed by atoms with Gasteiger partial charge in [-0.25, -0.2) is 0 Å². The van der Waals surface area contributed by atoms with Crippen LogP contribution in [-0.2, 0) is 5.41 Å². The lowest BCUT2D eigenvalue weighted by molar-refractivity contribution is 0.537. The van der Waals surface area contributed by atoms with Crippen molar-refractivity contribution < 1.29 is 0 Å². The molecule has 1 aromatic carbocycles. The molecule has 0 N–H and O–H groups in total. The van der Waals surface area contributed by atoms with E-state index in [1.54, 1.807) is 0 Å². The molecule has 1 heteroatoms. The highest BCUT2D eigenvalue weighted by Crippen LogP contribution is 2.45. The molecular formula is C14H19N. The lowest BCUT2D eigenvalue weighted by Gasteiger charge is -2.29. The first-order valence-corrected chi connectivity index (χ1v) is 5.96. The first kappa shape index (κ1) is 10.4. The van der Waals surface area contributed by atoms with Crippen LogP contribution in [0.15, 0.2) is 29.3 Å². The normalized spacial score (nSPS) is 17.4. The Bertz CT molecular complexity index is 386. The predicted molar refractivity (Wildman–Crippen MR) is 66.1 cm³/mol. The molecule has 0 saturated heterocycles. The van der Waals surface area contributed by atoms with Crippen molar-refractivity contribution in [3.8, 4) is 0 Å². The first-order chi connectivity index (χ1) is 7.28. The number of aliphatic imine (C=N–C) groups is 1. The van der Waals surface area contributed by atoms with E-state index in [9.17, 15) is 0 Å². The molecule has 15 heavy (non-hydrogen) atoms. The molecule has 1 aliphatic rings. The lowest BCUT2D eigenvalue weighted by atomic mass is 9.72. The van der Waals surface area contributed by atoms with Crippen LogP contribution in [0, 0.1) is 0 Å². The van der Waals surface area contributed by atoms with Crippen LogP contribution >= 0.6 is 0 Å². The van der Waals surface area contributed by atoms with Crippen LogP contribution < -0.4 is 0 Å². The van der Waals surface area contributed by atoms with Crippen molar-refractivity contribution in [2.75, 3.05) is 0 Å². The minimum atomic E-state index is 0.228. The van der Waals surface area contributed by atoms with Gasteiger partial charge < -0.3 is 0 Å². The van der Waals surface area contributed by atoms with Crippen LogP contribution in [0.2, 0.25) is 0 Å². The molecule has 80 valence electrons. The Balaban J connectivity index is 2.58. The van der Waals surface area contributed by atoms with Crippen molar-refractivity contribution in [2.45, 2.75) is 45.4 Å². The summed E-state index contributed by atoms with van der Waals surface area (Å²) in [7, 11) is 0. The van der Waals surface area contributed by atoms with Crippen LogP contribution in [0.3, 0.4) is 0 Å². The molecule has 1 aromatic rings. The van der Waals surface area contributed by atoms with E-state index in [1.165, 1.54) is 17.0 Å². The number of hydrogen-bond donors (Lipinski definition) is 0. The standard InChI is InChI=1S/C14H19N/c1-4-13-14(5-2,6-3)11-9-7-8-10-12(11)15-13/h7-10H,4-6H2,1-3H3. The average molecular weight is 201 g/mol. The summed E-state index contributed by atoms with van der Waals surface area (Å²) in [5, 5.41) is 0. The third-order valence-electron chi connectivity index (χ3n) is 3.77. The van der Waals surface area contributed by atoms with Gasteiger partial charge in [0.15, 0.2) is 0 Å². The van der Waals surface area contributed by atoms with Gasteiger partial charge in [-0.1, -0.05) is 39.0 Å². The second-order valence-corrected chi connectivity index (χ2v) is 4.22. The van der Waals surface area contributed by atoms with Crippen LogP contribution in [0.4, 0.5) is 5.69 Å². The van der Waals surface area contributed by atoms with E-state index in [-0.39, 0.29) is 5.41 Å². The monoisotopic (exact) mass is 201 g/mol. The van der Waals surface area contributed by atoms with Gasteiger partial charge in [0.2, 0.25) is 0 Å². The molecular weight excluding hydrogens is 182 g/mol. The average Bonchev–Trinajstić information content (AvgIpc) is 2.63. The van der Waals surface area contributed by atoms with E-state index in [4.69, 9.17) is 4.99 Å². The number of benzene rings is 1. The number of rotatable bonds is 3. The molecule has 0 radical (unpaired) electrons. The Morgan fingerprint density at radius 3 is 2.33 bits per heavy atom. The van der Waals surface area contributed by atoms with Crippen molar-refractivity contribution in [3.63, 3.8) is 0 Å². The van der Waals surface area contributed by atoms with E-state index in [2.05, 4.69) is 45.0 Å². The second kappa shape index (κ2) is 3.80. The zero-order valence-corrected chi connectivity index (χ0v) is 9.88. The second-order valence-electron chi connectivity index (χ2n) is 4.22. The van der Waals surface area contributed by atoms with Crippen LogP contribution in [0.25, 0.3) is 0 Å². The topological polar surface area (TPSA) is 12.4 Å². The summed E-state index contributed by atoms with van der Waals surface area (Å²) in [6, 6.07) is 8.59. The van der Waals surface area contributed by atoms with Gasteiger partial charge in [-0.2, -0.15) is 0 Å². The van der Waals surface area contributed by atoms with E-state index in [0.29, 0.717) is 0 Å². The summed E-state index contributed by atoms with van der Waals surface area (Å²) in [5.74, 6) is 0. The Labute approximate surface area is 92.2 Å². The van der Waals surface area contributed by atoms with Crippen molar-refractivity contribution >= 4 is 11.4 Å². The Hall–Kier alpha value is -1.11. The summed E-state index contributed by atoms with van der Waals surface area (Å²) in [6.07, 6.45) is 3.39. The Morgan fingerprint density at radius 1 is 1.07 bits per heavy atom. The molecule has 1 aliphatic heterocycles. The zero-order chi connectivity index (χ0) is 10.9. The molecule has 0 unspecified atom stereocenters. The maximum atomic E-state index is 4.78. The number of para-hydroxylation sites is 1. The van der Waals surface area contributed by atoms with E-state index in [0.717, 1.165) is 19.3 Å². The summed E-state index contributed by atoms with van der Waals surface area (Å²) >= 11 is 0. The highest BCUT2D eigenvalue weighted by atomic mass is 14.8. The van der Waals surface area contributed by atoms with Gasteiger partial charge in [-0.3, -0.25) is 4.99 Å². The number of nitrogens with zero attached hydrogens (tertiary/aromatic N) is 1. The summed E-state index contributed by atoms with van der Waals surface area (Å²) in [6.45, 7) is 6.76. The van der Waals surface area contributed by atoms with Gasteiger partial charge in [0, 0.05) is 11.1 Å². The highest BCUT2D eigenvalue weighted by molar-refractivity contribution is 6.01. The molecule has 1 heterocycles. The third kappa shape index (κ3) is 1.33. The van der Waals surface area contributed by atoms with Crippen molar-refractivity contribution in [1.82, 2.24) is 0 Å². The molecule has 0 bridgehead atoms. The summed E-state index contributed by atoms with van der Waals surface area (Å²) < 4.78 is 0. The van der Waals surface area contributed by atoms with E-state index < -0.39 is 0 Å². The Morgan fingerprint density at radius 2 is 1.73 bits per heavy atom. The van der Waals surface area contributed by atoms with Crippen LogP contribution in [0.5, 0.6) is 0 Å². The van der Waals surface area contributed by atoms with Gasteiger partial charge >= 0.3 is 0 Å². The Kier molecular flexibility index (Phi) is 2.64. The third-order valence-corrected chi connectivity index (χ3v) is 3.77. The van der Waals surface area contributed by atoms with Crippen molar-refractivity contribution in [2.24, 2.45) is 4.99 Å². The maximum absolute atomic E-state index is 4.78. The van der Waals surface area contributed by atoms with Gasteiger partial charge in [0.1, 0.15) is 0 Å². The number of hydrogen-bond acceptors (Lipinski definition) is 1. The fourth-order valence-electron chi connectivity index (χ4n) is 2.84. The smallest absolute Gasteiger partial charge is 0.0670 e. The van der Waals surface area contributed by atoms with E-state index in [1.807, 2.05) is 0 Å². The molecule has 0 aliphatic carbocycles. The summed E-state index contributed by atoms with van der Waals surface area (Å²) in [4.78, 5) is 4.78. The quantitative estimate of drug-likeness (QED) is 0.693. The largest absolute Gasteiger partial charge is 0.257 e. The van der Waals surface area contributed by atoms with Crippen LogP contribution in [0.1, 0.15) is 45.6 Å². The van der Waals surface area contributed by atoms with Crippen molar-refractivity contribution in [1.29, 1.82) is 0 Å². The minimum Gasteiger partial charge on any atom is -0.257 e. The fraction of sp³-hybridized carbons (Fsp3) is 0.500. The predicted octanol–water partition coefficient (Wildman–Crippen LogP) is 4.24. The molecule has 2 rings (SSSR count). The molecule has 1 nitrogen and oxygen atoms in total. The van der Waals surface area contributed by atoms with Crippen molar-refractivity contribution in [3.05, 3.63) is 29.8 Å². The minimum absolute atomic E-state index is 0.228. The van der Waals surface area contributed by atoms with Gasteiger partial charge in [-0.15, -0.1) is 0 Å². The van der Waals surface area contributed by atoms with Gasteiger partial charge in [-0.05, 0) is 30.9 Å². The SMILES string of the molecule is CCC1=Nc2ccccc2C1(CC)CC. The highest BCUT2D eigenvalue weighted by Gasteiger charge is 2.38. The zero-order valence-electron chi connectivity index (χ0n) is 9.88. The lowest BCUT2D eigenvalue weighted by Crippen LogP contribution is -2.31. The molecule has 0 fully saturated rings. The molecule has 0 spiro atoms. The first-order valence-electron chi connectivity index (χ1n) is 5.96. The van der Waals surface area contributed by atoms with Gasteiger partial charge in [0.25, 0.3) is 0 Å². The summed E-state index contributed by atoms with van der Waals surface area (Å²) in [5.41, 5.74) is 4.23. The molecule has 0 saturated carbocycles. The van der Waals surface area contributed by atoms with Gasteiger partial charge in [0.05, 0.1) is 5.69 Å². The maximum Gasteiger partial charge on any atom is 0.0670 e. The van der Waals surface area contributed by atoms with Crippen LogP contribution in [-0.4, -0.2) is 5.71 Å². The molecule has 0 aromatic heterocycles. The number of fused-ring (bicyclic) bond motifs is 1. The van der Waals surface area contributed by atoms with E-state index >= 15 is 0 Å². The molecule has 0 amide bonds.